The van der Waals surface area contributed by atoms with E-state index in [-0.39, 0.29) is 11.3 Å². The summed E-state index contributed by atoms with van der Waals surface area (Å²) in [4.78, 5) is 24.5. The van der Waals surface area contributed by atoms with Gasteiger partial charge in [0.15, 0.2) is 6.10 Å². The maximum Gasteiger partial charge on any atom is 0.337 e. The van der Waals surface area contributed by atoms with Crippen LogP contribution < -0.4 is 5.69 Å². The molecule has 1 aromatic carbocycles. The van der Waals surface area contributed by atoms with Crippen LogP contribution in [0.3, 0.4) is 0 Å². The number of aliphatic carboxylic acids is 1. The number of benzene rings is 1. The molecule has 0 aliphatic rings. The maximum atomic E-state index is 11.4. The van der Waals surface area contributed by atoms with Crippen molar-refractivity contribution >= 4 is 5.97 Å². The number of hydrogen-bond donors (Lipinski definition) is 3. The summed E-state index contributed by atoms with van der Waals surface area (Å²) in [6.45, 7) is 0. The van der Waals surface area contributed by atoms with Gasteiger partial charge in [0.1, 0.15) is 0 Å². The molecule has 17 heavy (non-hydrogen) atoms. The lowest BCUT2D eigenvalue weighted by molar-refractivity contribution is -0.146. The van der Waals surface area contributed by atoms with Crippen molar-refractivity contribution in [1.82, 2.24) is 9.55 Å². The number of carbonyl (C=O) groups is 1. The topological polar surface area (TPSA) is 95.3 Å². The molecule has 6 nitrogen and oxygen atoms in total. The number of nitrogens with one attached hydrogen (secondary N) is 1. The van der Waals surface area contributed by atoms with Crippen molar-refractivity contribution in [2.45, 2.75) is 6.10 Å². The Morgan fingerprint density at radius 3 is 2.76 bits per heavy atom. The fourth-order valence-corrected chi connectivity index (χ4v) is 1.51. The standard InChI is InChI=1S/C11H10N2O4/c14-9(10(15)16)7-2-1-3-8(6-7)13-5-4-12-11(13)17/h1-6,9,14H,(H,12,17)(H,15,16). The third-order valence-corrected chi connectivity index (χ3v) is 2.35. The first kappa shape index (κ1) is 11.2. The smallest absolute Gasteiger partial charge is 0.337 e. The average Bonchev–Trinajstić information content (AvgIpc) is 2.74. The van der Waals surface area contributed by atoms with Crippen molar-refractivity contribution in [3.8, 4) is 5.69 Å². The Bertz CT molecular complexity index is 599. The highest BCUT2D eigenvalue weighted by molar-refractivity contribution is 5.74. The quantitative estimate of drug-likeness (QED) is 0.711. The summed E-state index contributed by atoms with van der Waals surface area (Å²) in [6, 6.07) is 6.16. The Labute approximate surface area is 95.8 Å². The minimum Gasteiger partial charge on any atom is -0.479 e. The van der Waals surface area contributed by atoms with Gasteiger partial charge in [0.2, 0.25) is 0 Å². The summed E-state index contributed by atoms with van der Waals surface area (Å²) in [7, 11) is 0. The number of imidazole rings is 1. The summed E-state index contributed by atoms with van der Waals surface area (Å²) >= 11 is 0. The van der Waals surface area contributed by atoms with Crippen LogP contribution in [0.15, 0.2) is 41.5 Å². The molecule has 1 aromatic heterocycles. The van der Waals surface area contributed by atoms with Crippen LogP contribution in [0.4, 0.5) is 0 Å². The molecule has 0 bridgehead atoms. The van der Waals surface area contributed by atoms with Crippen molar-refractivity contribution in [1.29, 1.82) is 0 Å². The van der Waals surface area contributed by atoms with Crippen LogP contribution in [-0.2, 0) is 4.79 Å². The number of aromatic amines is 1. The molecule has 2 aromatic rings. The van der Waals surface area contributed by atoms with Gasteiger partial charge < -0.3 is 15.2 Å². The zero-order chi connectivity index (χ0) is 12.4. The summed E-state index contributed by atoms with van der Waals surface area (Å²) in [5.74, 6) is -1.33. The second-order valence-electron chi connectivity index (χ2n) is 3.47. The Kier molecular flexibility index (Phi) is 2.80. The van der Waals surface area contributed by atoms with Gasteiger partial charge in [-0.3, -0.25) is 4.57 Å². The van der Waals surface area contributed by atoms with Crippen molar-refractivity contribution < 1.29 is 15.0 Å². The van der Waals surface area contributed by atoms with E-state index in [9.17, 15) is 14.7 Å². The molecule has 2 rings (SSSR count). The SMILES string of the molecule is O=C(O)C(O)c1cccc(-n2cc[nH]c2=O)c1. The highest BCUT2D eigenvalue weighted by atomic mass is 16.4. The van der Waals surface area contributed by atoms with E-state index in [4.69, 9.17) is 5.11 Å². The number of nitrogens with zero attached hydrogens (tertiary/aromatic N) is 1. The lowest BCUT2D eigenvalue weighted by Gasteiger charge is -2.08. The van der Waals surface area contributed by atoms with Gasteiger partial charge in [-0.2, -0.15) is 0 Å². The molecular formula is C11H10N2O4. The van der Waals surface area contributed by atoms with Crippen LogP contribution in [-0.4, -0.2) is 25.7 Å². The second-order valence-corrected chi connectivity index (χ2v) is 3.47. The van der Waals surface area contributed by atoms with Crippen LogP contribution >= 0.6 is 0 Å². The number of rotatable bonds is 3. The largest absolute Gasteiger partial charge is 0.479 e. The van der Waals surface area contributed by atoms with E-state index in [1.54, 1.807) is 12.1 Å². The van der Waals surface area contributed by atoms with Gasteiger partial charge in [0.05, 0.1) is 5.69 Å². The third-order valence-electron chi connectivity index (χ3n) is 2.35. The van der Waals surface area contributed by atoms with E-state index in [0.717, 1.165) is 0 Å². The second kappa shape index (κ2) is 4.26. The van der Waals surface area contributed by atoms with Gasteiger partial charge in [-0.15, -0.1) is 0 Å². The van der Waals surface area contributed by atoms with Crippen molar-refractivity contribution in [3.63, 3.8) is 0 Å². The van der Waals surface area contributed by atoms with Gasteiger partial charge >= 0.3 is 11.7 Å². The number of aromatic nitrogens is 2. The summed E-state index contributed by atoms with van der Waals surface area (Å²) in [5.41, 5.74) is 0.393. The maximum absolute atomic E-state index is 11.4. The van der Waals surface area contributed by atoms with E-state index in [1.165, 1.54) is 29.1 Å². The van der Waals surface area contributed by atoms with Crippen molar-refractivity contribution in [3.05, 3.63) is 52.7 Å². The van der Waals surface area contributed by atoms with E-state index in [2.05, 4.69) is 4.98 Å². The molecule has 1 unspecified atom stereocenters. The third kappa shape index (κ3) is 2.11. The van der Waals surface area contributed by atoms with Crippen LogP contribution in [0.5, 0.6) is 0 Å². The Morgan fingerprint density at radius 2 is 2.18 bits per heavy atom. The highest BCUT2D eigenvalue weighted by Gasteiger charge is 2.16. The average molecular weight is 234 g/mol. The molecule has 0 saturated carbocycles. The Balaban J connectivity index is 2.46. The zero-order valence-corrected chi connectivity index (χ0v) is 8.70. The molecule has 0 radical (unpaired) electrons. The predicted octanol–water partition coefficient (Wildman–Crippen LogP) is 0.284. The molecule has 0 fully saturated rings. The van der Waals surface area contributed by atoms with E-state index < -0.39 is 12.1 Å². The number of aliphatic hydroxyl groups excluding tert-OH is 1. The van der Waals surface area contributed by atoms with Gasteiger partial charge in [-0.1, -0.05) is 12.1 Å². The molecule has 0 amide bonds. The number of aliphatic hydroxyl groups is 1. The summed E-state index contributed by atoms with van der Waals surface area (Å²) in [6.07, 6.45) is 1.40. The van der Waals surface area contributed by atoms with Gasteiger partial charge in [0, 0.05) is 12.4 Å². The molecule has 88 valence electrons. The lowest BCUT2D eigenvalue weighted by atomic mass is 10.1. The molecule has 1 heterocycles. The first-order valence-electron chi connectivity index (χ1n) is 4.87. The van der Waals surface area contributed by atoms with Crippen LogP contribution in [0.25, 0.3) is 5.69 Å². The van der Waals surface area contributed by atoms with Crippen molar-refractivity contribution in [2.24, 2.45) is 0 Å². The molecule has 6 heteroatoms. The first-order chi connectivity index (χ1) is 8.09. The molecule has 3 N–H and O–H groups in total. The molecule has 0 aliphatic carbocycles. The lowest BCUT2D eigenvalue weighted by Crippen LogP contribution is -2.15. The predicted molar refractivity (Wildman–Crippen MR) is 59.0 cm³/mol. The number of hydrogen-bond acceptors (Lipinski definition) is 3. The van der Waals surface area contributed by atoms with Crippen LogP contribution in [0.1, 0.15) is 11.7 Å². The molecule has 1 atom stereocenters. The normalized spacial score (nSPS) is 12.3. The molecular weight excluding hydrogens is 224 g/mol. The molecule has 0 saturated heterocycles. The van der Waals surface area contributed by atoms with Gasteiger partial charge in [0.25, 0.3) is 0 Å². The van der Waals surface area contributed by atoms with Crippen LogP contribution in [0.2, 0.25) is 0 Å². The fraction of sp³-hybridized carbons (Fsp3) is 0.0909. The van der Waals surface area contributed by atoms with Gasteiger partial charge in [-0.25, -0.2) is 9.59 Å². The van der Waals surface area contributed by atoms with Crippen LogP contribution in [0, 0.1) is 0 Å². The number of carboxylic acid groups (broad SMARTS) is 1. The summed E-state index contributed by atoms with van der Waals surface area (Å²) < 4.78 is 1.32. The monoisotopic (exact) mass is 234 g/mol. The van der Waals surface area contributed by atoms with E-state index >= 15 is 0 Å². The Hall–Kier alpha value is -2.34. The Morgan fingerprint density at radius 1 is 1.41 bits per heavy atom. The highest BCUT2D eigenvalue weighted by Crippen LogP contribution is 2.16. The fourth-order valence-electron chi connectivity index (χ4n) is 1.51. The number of H-pyrrole nitrogens is 1. The number of carboxylic acids is 1. The zero-order valence-electron chi connectivity index (χ0n) is 8.70. The summed E-state index contributed by atoms with van der Waals surface area (Å²) in [5, 5.41) is 18.1. The molecule has 0 aliphatic heterocycles. The minimum atomic E-state index is -1.59. The van der Waals surface area contributed by atoms with Gasteiger partial charge in [-0.05, 0) is 17.7 Å². The van der Waals surface area contributed by atoms with E-state index in [0.29, 0.717) is 5.69 Å². The minimum absolute atomic E-state index is 0.225. The molecule has 0 spiro atoms. The van der Waals surface area contributed by atoms with Crippen molar-refractivity contribution in [2.75, 3.05) is 0 Å². The van der Waals surface area contributed by atoms with E-state index in [1.807, 2.05) is 0 Å². The first-order valence-corrected chi connectivity index (χ1v) is 4.87.